The van der Waals surface area contributed by atoms with E-state index in [-0.39, 0.29) is 0 Å². The number of halogens is 1. The maximum absolute atomic E-state index is 10.8. The van der Waals surface area contributed by atoms with E-state index in [2.05, 4.69) is 0 Å². The van der Waals surface area contributed by atoms with Crippen molar-refractivity contribution in [2.45, 2.75) is 19.3 Å². The van der Waals surface area contributed by atoms with Gasteiger partial charge in [-0.2, -0.15) is 0 Å². The first-order chi connectivity index (χ1) is 7.09. The quantitative estimate of drug-likeness (QED) is 0.843. The van der Waals surface area contributed by atoms with Crippen molar-refractivity contribution < 1.29 is 14.6 Å². The second-order valence-corrected chi connectivity index (χ2v) is 4.06. The van der Waals surface area contributed by atoms with E-state index >= 15 is 0 Å². The molecule has 0 radical (unpaired) electrons. The lowest BCUT2D eigenvalue weighted by Gasteiger charge is -2.09. The minimum atomic E-state index is -0.843. The molecule has 80 valence electrons. The van der Waals surface area contributed by atoms with Gasteiger partial charge < -0.3 is 9.84 Å². The molecule has 0 saturated carbocycles. The highest BCUT2D eigenvalue weighted by molar-refractivity contribution is 6.32. The summed E-state index contributed by atoms with van der Waals surface area (Å²) >= 11 is 6.01. The van der Waals surface area contributed by atoms with E-state index in [1.165, 1.54) is 0 Å². The Morgan fingerprint density at radius 3 is 3.00 bits per heavy atom. The van der Waals surface area contributed by atoms with Crippen LogP contribution in [0.5, 0.6) is 5.75 Å². The molecule has 1 atom stereocenters. The Labute approximate surface area is 92.6 Å². The van der Waals surface area contributed by atoms with Crippen molar-refractivity contribution in [3.63, 3.8) is 0 Å². The van der Waals surface area contributed by atoms with Crippen molar-refractivity contribution in [2.24, 2.45) is 0 Å². The van der Waals surface area contributed by atoms with E-state index in [4.69, 9.17) is 21.4 Å². The van der Waals surface area contributed by atoms with Gasteiger partial charge in [-0.1, -0.05) is 17.7 Å². The molecule has 0 aromatic heterocycles. The van der Waals surface area contributed by atoms with Gasteiger partial charge in [0.1, 0.15) is 5.75 Å². The third-order valence-electron chi connectivity index (χ3n) is 2.63. The summed E-state index contributed by atoms with van der Waals surface area (Å²) in [6, 6.07) is 3.54. The zero-order chi connectivity index (χ0) is 11.0. The fourth-order valence-corrected chi connectivity index (χ4v) is 1.98. The van der Waals surface area contributed by atoms with Crippen LogP contribution in [0.3, 0.4) is 0 Å². The number of carboxylic acid groups (broad SMARTS) is 1. The van der Waals surface area contributed by atoms with Crippen LogP contribution in [0.1, 0.15) is 24.0 Å². The lowest BCUT2D eigenvalue weighted by molar-refractivity contribution is -0.138. The Morgan fingerprint density at radius 2 is 2.33 bits per heavy atom. The number of rotatable bonds is 2. The Morgan fingerprint density at radius 1 is 1.60 bits per heavy atom. The Balaban J connectivity index is 2.43. The van der Waals surface area contributed by atoms with E-state index in [1.807, 2.05) is 6.07 Å². The predicted octanol–water partition coefficient (Wildman–Crippen LogP) is 2.46. The van der Waals surface area contributed by atoms with Gasteiger partial charge in [0.25, 0.3) is 0 Å². The Hall–Kier alpha value is -1.22. The highest BCUT2D eigenvalue weighted by Gasteiger charge is 2.21. The topological polar surface area (TPSA) is 46.5 Å². The van der Waals surface area contributed by atoms with Gasteiger partial charge in [0, 0.05) is 6.42 Å². The third-order valence-corrected chi connectivity index (χ3v) is 2.91. The zero-order valence-electron chi connectivity index (χ0n) is 8.29. The van der Waals surface area contributed by atoms with Crippen LogP contribution in [0, 0.1) is 0 Å². The largest absolute Gasteiger partial charge is 0.491 e. The Bertz CT molecular complexity index is 415. The second kappa shape index (κ2) is 3.74. The number of benzene rings is 1. The van der Waals surface area contributed by atoms with E-state index in [1.54, 1.807) is 13.0 Å². The summed E-state index contributed by atoms with van der Waals surface area (Å²) in [5, 5.41) is 9.41. The van der Waals surface area contributed by atoms with Gasteiger partial charge >= 0.3 is 5.97 Å². The number of ether oxygens (including phenoxy) is 1. The zero-order valence-corrected chi connectivity index (χ0v) is 9.04. The first kappa shape index (κ1) is 10.3. The molecule has 0 amide bonds. The van der Waals surface area contributed by atoms with Gasteiger partial charge in [-0.15, -0.1) is 0 Å². The molecule has 2 rings (SSSR count). The molecule has 1 aromatic rings. The highest BCUT2D eigenvalue weighted by atomic mass is 35.5. The normalized spacial score (nSPS) is 15.6. The number of aliphatic carboxylic acids is 1. The van der Waals surface area contributed by atoms with Gasteiger partial charge in [0.2, 0.25) is 0 Å². The van der Waals surface area contributed by atoms with Crippen LogP contribution >= 0.6 is 11.6 Å². The molecule has 1 aliphatic heterocycles. The molecule has 0 spiro atoms. The smallest absolute Gasteiger partial charge is 0.310 e. The molecule has 1 aromatic carbocycles. The van der Waals surface area contributed by atoms with Gasteiger partial charge in [0.05, 0.1) is 17.5 Å². The maximum Gasteiger partial charge on any atom is 0.310 e. The molecule has 1 aliphatic rings. The first-order valence-corrected chi connectivity index (χ1v) is 5.15. The molecule has 1 N–H and O–H groups in total. The predicted molar refractivity (Wildman–Crippen MR) is 56.7 cm³/mol. The van der Waals surface area contributed by atoms with Crippen molar-refractivity contribution in [1.29, 1.82) is 0 Å². The molecule has 1 unspecified atom stereocenters. The average Bonchev–Trinajstić information content (AvgIpc) is 2.64. The molecule has 0 fully saturated rings. The molecular weight excluding hydrogens is 216 g/mol. The van der Waals surface area contributed by atoms with Crippen molar-refractivity contribution in [3.8, 4) is 5.75 Å². The van der Waals surface area contributed by atoms with E-state index < -0.39 is 11.9 Å². The molecule has 1 heterocycles. The fraction of sp³-hybridized carbons (Fsp3) is 0.364. The van der Waals surface area contributed by atoms with Gasteiger partial charge in [-0.25, -0.2) is 0 Å². The van der Waals surface area contributed by atoms with Crippen LogP contribution in [0.4, 0.5) is 0 Å². The van der Waals surface area contributed by atoms with Crippen LogP contribution < -0.4 is 4.74 Å². The van der Waals surface area contributed by atoms with Crippen LogP contribution in [0.15, 0.2) is 12.1 Å². The van der Waals surface area contributed by atoms with Crippen LogP contribution in [0.2, 0.25) is 5.02 Å². The fourth-order valence-electron chi connectivity index (χ4n) is 1.68. The lowest BCUT2D eigenvalue weighted by Crippen LogP contribution is -2.07. The summed E-state index contributed by atoms with van der Waals surface area (Å²) in [6.45, 7) is 2.27. The summed E-state index contributed by atoms with van der Waals surface area (Å²) in [7, 11) is 0. The van der Waals surface area contributed by atoms with Crippen molar-refractivity contribution in [1.82, 2.24) is 0 Å². The number of hydrogen-bond acceptors (Lipinski definition) is 2. The highest BCUT2D eigenvalue weighted by Crippen LogP contribution is 2.36. The average molecular weight is 227 g/mol. The number of carbonyl (C=O) groups is 1. The van der Waals surface area contributed by atoms with Crippen molar-refractivity contribution in [2.75, 3.05) is 6.61 Å². The van der Waals surface area contributed by atoms with Crippen LogP contribution in [-0.4, -0.2) is 17.7 Å². The maximum atomic E-state index is 10.8. The molecule has 4 heteroatoms. The molecular formula is C11H11ClO3. The number of hydrogen-bond donors (Lipinski definition) is 1. The molecule has 0 bridgehead atoms. The standard InChI is InChI=1S/C11H11ClO3/c1-6(11(13)14)8-4-7-2-3-15-10(7)9(12)5-8/h4-6H,2-3H2,1H3,(H,13,14). The van der Waals surface area contributed by atoms with E-state index in [9.17, 15) is 4.79 Å². The first-order valence-electron chi connectivity index (χ1n) is 4.77. The van der Waals surface area contributed by atoms with Gasteiger partial charge in [-0.05, 0) is 24.1 Å². The van der Waals surface area contributed by atoms with Gasteiger partial charge in [-0.3, -0.25) is 4.79 Å². The summed E-state index contributed by atoms with van der Waals surface area (Å²) in [6.07, 6.45) is 0.801. The molecule has 15 heavy (non-hydrogen) atoms. The SMILES string of the molecule is CC(C(=O)O)c1cc(Cl)c2c(c1)CCO2. The van der Waals surface area contributed by atoms with Crippen LogP contribution in [0.25, 0.3) is 0 Å². The number of carboxylic acids is 1. The van der Waals surface area contributed by atoms with Gasteiger partial charge in [0.15, 0.2) is 0 Å². The third kappa shape index (κ3) is 1.79. The second-order valence-electron chi connectivity index (χ2n) is 3.65. The summed E-state index contributed by atoms with van der Waals surface area (Å²) in [5.74, 6) is -0.670. The minimum Gasteiger partial charge on any atom is -0.491 e. The summed E-state index contributed by atoms with van der Waals surface area (Å²) < 4.78 is 5.35. The van der Waals surface area contributed by atoms with E-state index in [0.717, 1.165) is 17.5 Å². The molecule has 0 saturated heterocycles. The lowest BCUT2D eigenvalue weighted by atomic mass is 9.98. The van der Waals surface area contributed by atoms with Crippen molar-refractivity contribution >= 4 is 17.6 Å². The monoisotopic (exact) mass is 226 g/mol. The molecule has 0 aliphatic carbocycles. The Kier molecular flexibility index (Phi) is 2.57. The minimum absolute atomic E-state index is 0.508. The number of fused-ring (bicyclic) bond motifs is 1. The van der Waals surface area contributed by atoms with E-state index in [0.29, 0.717) is 17.4 Å². The molecule has 3 nitrogen and oxygen atoms in total. The summed E-state index contributed by atoms with van der Waals surface area (Å²) in [4.78, 5) is 10.8. The summed E-state index contributed by atoms with van der Waals surface area (Å²) in [5.41, 5.74) is 1.74. The van der Waals surface area contributed by atoms with Crippen LogP contribution in [-0.2, 0) is 11.2 Å². The van der Waals surface area contributed by atoms with Crippen molar-refractivity contribution in [3.05, 3.63) is 28.3 Å².